The smallest absolute Gasteiger partial charge is 0.191 e. The van der Waals surface area contributed by atoms with E-state index in [2.05, 4.69) is 51.3 Å². The number of nitrogens with one attached hydrogen (secondary N) is 2. The number of aliphatic imine (C=N–C) groups is 1. The molecular weight excluding hydrogens is 383 g/mol. The normalized spacial score (nSPS) is 19.7. The van der Waals surface area contributed by atoms with Crippen LogP contribution in [0.15, 0.2) is 21.8 Å². The molecule has 1 unspecified atom stereocenters. The van der Waals surface area contributed by atoms with Gasteiger partial charge in [-0.2, -0.15) is 11.3 Å². The van der Waals surface area contributed by atoms with Crippen molar-refractivity contribution in [1.82, 2.24) is 15.5 Å². The molecule has 0 bridgehead atoms. The van der Waals surface area contributed by atoms with Crippen LogP contribution in [0.2, 0.25) is 0 Å². The van der Waals surface area contributed by atoms with Crippen LogP contribution in [-0.4, -0.2) is 44.1 Å². The van der Waals surface area contributed by atoms with Gasteiger partial charge in [0, 0.05) is 19.6 Å². The summed E-state index contributed by atoms with van der Waals surface area (Å²) in [5, 5.41) is 11.0. The minimum absolute atomic E-state index is 0. The molecule has 6 heteroatoms. The molecule has 1 aromatic heterocycles. The van der Waals surface area contributed by atoms with Crippen molar-refractivity contribution in [3.8, 4) is 0 Å². The van der Waals surface area contributed by atoms with Crippen molar-refractivity contribution >= 4 is 41.3 Å². The van der Waals surface area contributed by atoms with Gasteiger partial charge < -0.3 is 15.5 Å². The minimum atomic E-state index is 0. The molecule has 4 nitrogen and oxygen atoms in total. The fourth-order valence-electron chi connectivity index (χ4n) is 2.33. The zero-order valence-electron chi connectivity index (χ0n) is 12.3. The van der Waals surface area contributed by atoms with Crippen molar-refractivity contribution in [2.45, 2.75) is 19.9 Å². The van der Waals surface area contributed by atoms with Crippen molar-refractivity contribution in [2.75, 3.05) is 33.2 Å². The van der Waals surface area contributed by atoms with Gasteiger partial charge in [-0.15, -0.1) is 24.0 Å². The molecule has 1 aliphatic rings. The lowest BCUT2D eigenvalue weighted by Crippen LogP contribution is -2.40. The van der Waals surface area contributed by atoms with E-state index in [1.54, 1.807) is 11.3 Å². The molecule has 1 saturated heterocycles. The van der Waals surface area contributed by atoms with Gasteiger partial charge in [0.05, 0.1) is 6.54 Å². The summed E-state index contributed by atoms with van der Waals surface area (Å²) in [6.07, 6.45) is 1.29. The molecule has 2 heterocycles. The first-order valence-electron chi connectivity index (χ1n) is 6.99. The van der Waals surface area contributed by atoms with E-state index in [0.717, 1.165) is 31.5 Å². The Morgan fingerprint density at radius 3 is 2.95 bits per heavy atom. The number of nitrogens with zero attached hydrogens (tertiary/aromatic N) is 2. The van der Waals surface area contributed by atoms with Gasteiger partial charge in [0.1, 0.15) is 0 Å². The van der Waals surface area contributed by atoms with Crippen molar-refractivity contribution in [2.24, 2.45) is 10.9 Å². The highest BCUT2D eigenvalue weighted by Crippen LogP contribution is 2.12. The predicted octanol–water partition coefficient (Wildman–Crippen LogP) is 2.37. The number of guanidine groups is 1. The Bertz CT molecular complexity index is 394. The van der Waals surface area contributed by atoms with Gasteiger partial charge in [0.15, 0.2) is 5.96 Å². The summed E-state index contributed by atoms with van der Waals surface area (Å²) in [6.45, 7) is 7.18. The third kappa shape index (κ3) is 5.97. The third-order valence-corrected chi connectivity index (χ3v) is 4.12. The van der Waals surface area contributed by atoms with E-state index >= 15 is 0 Å². The second kappa shape index (κ2) is 9.57. The van der Waals surface area contributed by atoms with Crippen molar-refractivity contribution in [1.29, 1.82) is 0 Å². The number of halogens is 1. The molecule has 114 valence electrons. The number of rotatable bonds is 5. The van der Waals surface area contributed by atoms with E-state index in [1.165, 1.54) is 25.1 Å². The van der Waals surface area contributed by atoms with Crippen LogP contribution in [0.5, 0.6) is 0 Å². The summed E-state index contributed by atoms with van der Waals surface area (Å²) in [5.74, 6) is 1.68. The highest BCUT2D eigenvalue weighted by atomic mass is 127. The molecule has 1 atom stereocenters. The first-order valence-corrected chi connectivity index (χ1v) is 7.94. The van der Waals surface area contributed by atoms with Crippen LogP contribution in [0.3, 0.4) is 0 Å². The van der Waals surface area contributed by atoms with Gasteiger partial charge in [-0.3, -0.25) is 0 Å². The summed E-state index contributed by atoms with van der Waals surface area (Å²) in [6, 6.07) is 2.13. The molecule has 0 spiro atoms. The van der Waals surface area contributed by atoms with Crippen LogP contribution in [0.1, 0.15) is 18.9 Å². The lowest BCUT2D eigenvalue weighted by molar-refractivity contribution is 0.394. The molecule has 1 fully saturated rings. The molecule has 0 aromatic carbocycles. The summed E-state index contributed by atoms with van der Waals surface area (Å²) in [5.41, 5.74) is 1.28. The Kier molecular flexibility index (Phi) is 8.47. The van der Waals surface area contributed by atoms with Crippen molar-refractivity contribution in [3.63, 3.8) is 0 Å². The van der Waals surface area contributed by atoms with Crippen LogP contribution in [-0.2, 0) is 6.54 Å². The fourth-order valence-corrected chi connectivity index (χ4v) is 2.99. The predicted molar refractivity (Wildman–Crippen MR) is 98.2 cm³/mol. The third-order valence-electron chi connectivity index (χ3n) is 3.39. The molecule has 0 aliphatic carbocycles. The van der Waals surface area contributed by atoms with Crippen LogP contribution >= 0.6 is 35.3 Å². The highest BCUT2D eigenvalue weighted by molar-refractivity contribution is 14.0. The summed E-state index contributed by atoms with van der Waals surface area (Å²) in [7, 11) is 2.19. The van der Waals surface area contributed by atoms with E-state index < -0.39 is 0 Å². The Balaban J connectivity index is 0.00000200. The number of hydrogen-bond acceptors (Lipinski definition) is 3. The quantitative estimate of drug-likeness (QED) is 0.447. The topological polar surface area (TPSA) is 39.7 Å². The standard InChI is InChI=1S/C14H24N4S.HI/c1-3-15-14(17-9-13-5-7-19-11-13)16-8-12-4-6-18(2)10-12;/h5,7,11-12H,3-4,6,8-10H2,1-2H3,(H2,15,16,17);1H. The summed E-state index contributed by atoms with van der Waals surface area (Å²) in [4.78, 5) is 7.01. The van der Waals surface area contributed by atoms with Gasteiger partial charge in [-0.25, -0.2) is 4.99 Å². The number of hydrogen-bond donors (Lipinski definition) is 2. The average molecular weight is 408 g/mol. The number of thiophene rings is 1. The molecule has 2 rings (SSSR count). The maximum Gasteiger partial charge on any atom is 0.191 e. The zero-order valence-corrected chi connectivity index (χ0v) is 15.4. The van der Waals surface area contributed by atoms with Gasteiger partial charge in [0.2, 0.25) is 0 Å². The molecule has 2 N–H and O–H groups in total. The van der Waals surface area contributed by atoms with Crippen LogP contribution < -0.4 is 10.6 Å². The minimum Gasteiger partial charge on any atom is -0.357 e. The maximum absolute atomic E-state index is 4.62. The first kappa shape index (κ1) is 17.7. The van der Waals surface area contributed by atoms with E-state index in [1.807, 2.05) is 0 Å². The van der Waals surface area contributed by atoms with Gasteiger partial charge in [-0.1, -0.05) is 0 Å². The molecule has 20 heavy (non-hydrogen) atoms. The summed E-state index contributed by atoms with van der Waals surface area (Å²) < 4.78 is 0. The lowest BCUT2D eigenvalue weighted by Gasteiger charge is -2.15. The average Bonchev–Trinajstić information content (AvgIpc) is 3.04. The molecule has 0 radical (unpaired) electrons. The Morgan fingerprint density at radius 1 is 1.50 bits per heavy atom. The number of likely N-dealkylation sites (tertiary alicyclic amines) is 1. The lowest BCUT2D eigenvalue weighted by atomic mass is 10.1. The highest BCUT2D eigenvalue weighted by Gasteiger charge is 2.19. The Labute approximate surface area is 143 Å². The van der Waals surface area contributed by atoms with Crippen LogP contribution in [0.4, 0.5) is 0 Å². The molecule has 1 aromatic rings. The van der Waals surface area contributed by atoms with E-state index in [0.29, 0.717) is 0 Å². The maximum atomic E-state index is 4.62. The SMILES string of the molecule is CCNC(=NCc1ccsc1)NCC1CCN(C)C1.I. The van der Waals surface area contributed by atoms with Gasteiger partial charge in [-0.05, 0) is 55.2 Å². The second-order valence-electron chi connectivity index (χ2n) is 5.12. The molecule has 0 amide bonds. The molecular formula is C14H25IN4S. The van der Waals surface area contributed by atoms with Gasteiger partial charge in [0.25, 0.3) is 0 Å². The second-order valence-corrected chi connectivity index (χ2v) is 5.90. The van der Waals surface area contributed by atoms with Gasteiger partial charge >= 0.3 is 0 Å². The van der Waals surface area contributed by atoms with E-state index in [4.69, 9.17) is 0 Å². The van der Waals surface area contributed by atoms with E-state index in [9.17, 15) is 0 Å². The van der Waals surface area contributed by atoms with E-state index in [-0.39, 0.29) is 24.0 Å². The van der Waals surface area contributed by atoms with Crippen LogP contribution in [0.25, 0.3) is 0 Å². The zero-order chi connectivity index (χ0) is 13.5. The summed E-state index contributed by atoms with van der Waals surface area (Å²) >= 11 is 1.72. The first-order chi connectivity index (χ1) is 9.28. The molecule has 0 saturated carbocycles. The van der Waals surface area contributed by atoms with Crippen molar-refractivity contribution < 1.29 is 0 Å². The largest absolute Gasteiger partial charge is 0.357 e. The van der Waals surface area contributed by atoms with Crippen LogP contribution in [0, 0.1) is 5.92 Å². The fraction of sp³-hybridized carbons (Fsp3) is 0.643. The monoisotopic (exact) mass is 408 g/mol. The Morgan fingerprint density at radius 2 is 2.35 bits per heavy atom. The van der Waals surface area contributed by atoms with Crippen molar-refractivity contribution in [3.05, 3.63) is 22.4 Å². The Hall–Kier alpha value is -0.340. The molecule has 1 aliphatic heterocycles.